The Morgan fingerprint density at radius 3 is 2.53 bits per heavy atom. The molecule has 1 aromatic rings. The van der Waals surface area contributed by atoms with Crippen LogP contribution in [-0.4, -0.2) is 46.3 Å². The summed E-state index contributed by atoms with van der Waals surface area (Å²) in [6, 6.07) is 1.58. The van der Waals surface area contributed by atoms with Gasteiger partial charge in [-0.25, -0.2) is 9.59 Å². The summed E-state index contributed by atoms with van der Waals surface area (Å²) in [7, 11) is 1.51. The number of carbonyl (C=O) groups is 2. The van der Waals surface area contributed by atoms with E-state index in [1.165, 1.54) is 18.9 Å². The number of amides is 2. The maximum Gasteiger partial charge on any atom is 0.328 e. The van der Waals surface area contributed by atoms with E-state index in [0.717, 1.165) is 5.76 Å². The molecule has 7 nitrogen and oxygen atoms in total. The third-order valence-electron chi connectivity index (χ3n) is 2.56. The summed E-state index contributed by atoms with van der Waals surface area (Å²) in [5.74, 6) is 0.0425. The normalized spacial score (nSPS) is 13.7. The van der Waals surface area contributed by atoms with Gasteiger partial charge in [0, 0.05) is 7.05 Å². The SMILES string of the molecule is Cc1ccc(CN(C)C(=O)NC(C(=O)O)C(C)O)o1. The van der Waals surface area contributed by atoms with Crippen molar-refractivity contribution >= 4 is 12.0 Å². The fraction of sp³-hybridized carbons (Fsp3) is 0.500. The van der Waals surface area contributed by atoms with E-state index in [1.807, 2.05) is 0 Å². The first kappa shape index (κ1) is 15.0. The minimum Gasteiger partial charge on any atom is -0.480 e. The van der Waals surface area contributed by atoms with Gasteiger partial charge in [-0.15, -0.1) is 0 Å². The van der Waals surface area contributed by atoms with E-state index in [1.54, 1.807) is 19.1 Å². The number of aliphatic hydroxyl groups excluding tert-OH is 1. The Balaban J connectivity index is 2.59. The maximum atomic E-state index is 11.8. The zero-order valence-electron chi connectivity index (χ0n) is 11.1. The molecule has 0 saturated heterocycles. The molecule has 3 N–H and O–H groups in total. The number of aliphatic hydroxyl groups is 1. The van der Waals surface area contributed by atoms with Gasteiger partial charge < -0.3 is 24.8 Å². The van der Waals surface area contributed by atoms with Crippen molar-refractivity contribution in [2.75, 3.05) is 7.05 Å². The predicted octanol–water partition coefficient (Wildman–Crippen LogP) is 0.563. The smallest absolute Gasteiger partial charge is 0.328 e. The molecule has 1 heterocycles. The fourth-order valence-corrected chi connectivity index (χ4v) is 1.51. The van der Waals surface area contributed by atoms with E-state index in [0.29, 0.717) is 5.76 Å². The molecule has 106 valence electrons. The number of furan rings is 1. The van der Waals surface area contributed by atoms with Gasteiger partial charge in [0.25, 0.3) is 0 Å². The summed E-state index contributed by atoms with van der Waals surface area (Å²) < 4.78 is 5.32. The van der Waals surface area contributed by atoms with Gasteiger partial charge in [0.05, 0.1) is 12.6 Å². The molecule has 0 aliphatic heterocycles. The average Bonchev–Trinajstić information content (AvgIpc) is 2.70. The lowest BCUT2D eigenvalue weighted by molar-refractivity contribution is -0.141. The summed E-state index contributed by atoms with van der Waals surface area (Å²) in [6.07, 6.45) is -1.18. The Morgan fingerprint density at radius 1 is 1.47 bits per heavy atom. The molecule has 1 aromatic heterocycles. The number of hydrogen-bond donors (Lipinski definition) is 3. The van der Waals surface area contributed by atoms with Crippen molar-refractivity contribution in [3.05, 3.63) is 23.7 Å². The summed E-state index contributed by atoms with van der Waals surface area (Å²) >= 11 is 0. The van der Waals surface area contributed by atoms with E-state index in [9.17, 15) is 14.7 Å². The van der Waals surface area contributed by atoms with Gasteiger partial charge in [0.15, 0.2) is 6.04 Å². The highest BCUT2D eigenvalue weighted by Crippen LogP contribution is 2.08. The summed E-state index contributed by atoms with van der Waals surface area (Å²) in [6.45, 7) is 3.30. The number of aryl methyl sites for hydroxylation is 1. The molecule has 0 radical (unpaired) electrons. The molecule has 2 atom stereocenters. The average molecular weight is 270 g/mol. The van der Waals surface area contributed by atoms with Crippen LogP contribution in [0.4, 0.5) is 4.79 Å². The number of hydrogen-bond acceptors (Lipinski definition) is 4. The van der Waals surface area contributed by atoms with Crippen molar-refractivity contribution in [3.63, 3.8) is 0 Å². The van der Waals surface area contributed by atoms with Gasteiger partial charge in [0.1, 0.15) is 11.5 Å². The van der Waals surface area contributed by atoms with Gasteiger partial charge >= 0.3 is 12.0 Å². The van der Waals surface area contributed by atoms with Crippen molar-refractivity contribution in [3.8, 4) is 0 Å². The van der Waals surface area contributed by atoms with Gasteiger partial charge in [-0.2, -0.15) is 0 Å². The Bertz CT molecular complexity index is 455. The van der Waals surface area contributed by atoms with Crippen LogP contribution in [0.15, 0.2) is 16.5 Å². The van der Waals surface area contributed by atoms with Gasteiger partial charge in [-0.05, 0) is 26.0 Å². The summed E-state index contributed by atoms with van der Waals surface area (Å²) in [5, 5.41) is 20.4. The number of carboxylic acid groups (broad SMARTS) is 1. The topological polar surface area (TPSA) is 103 Å². The van der Waals surface area contributed by atoms with Gasteiger partial charge in [-0.3, -0.25) is 0 Å². The standard InChI is InChI=1S/C12H18N2O5/c1-7-4-5-9(19-7)6-14(3)12(18)13-10(8(2)15)11(16)17/h4-5,8,10,15H,6H2,1-3H3,(H,13,18)(H,16,17). The minimum absolute atomic E-state index is 0.214. The lowest BCUT2D eigenvalue weighted by atomic mass is 10.2. The van der Waals surface area contributed by atoms with Crippen molar-refractivity contribution in [2.24, 2.45) is 0 Å². The van der Waals surface area contributed by atoms with Crippen LogP contribution >= 0.6 is 0 Å². The van der Waals surface area contributed by atoms with Crippen molar-refractivity contribution in [1.82, 2.24) is 10.2 Å². The molecular formula is C12H18N2O5. The number of nitrogens with one attached hydrogen (secondary N) is 1. The number of nitrogens with zero attached hydrogens (tertiary/aromatic N) is 1. The van der Waals surface area contributed by atoms with Crippen LogP contribution in [0, 0.1) is 6.92 Å². The fourth-order valence-electron chi connectivity index (χ4n) is 1.51. The molecular weight excluding hydrogens is 252 g/mol. The van der Waals surface area contributed by atoms with Crippen LogP contribution in [0.3, 0.4) is 0 Å². The zero-order valence-corrected chi connectivity index (χ0v) is 11.1. The molecule has 0 aliphatic carbocycles. The van der Waals surface area contributed by atoms with Crippen molar-refractivity contribution < 1.29 is 24.2 Å². The molecule has 19 heavy (non-hydrogen) atoms. The number of rotatable bonds is 5. The summed E-state index contributed by atoms with van der Waals surface area (Å²) in [4.78, 5) is 23.9. The minimum atomic E-state index is -1.34. The van der Waals surface area contributed by atoms with Crippen molar-refractivity contribution in [1.29, 1.82) is 0 Å². The van der Waals surface area contributed by atoms with E-state index < -0.39 is 24.1 Å². The van der Waals surface area contributed by atoms with Crippen LogP contribution in [0.2, 0.25) is 0 Å². The van der Waals surface area contributed by atoms with Crippen LogP contribution in [0.25, 0.3) is 0 Å². The predicted molar refractivity (Wildman–Crippen MR) is 66.5 cm³/mol. The number of aliphatic carboxylic acids is 1. The van der Waals surface area contributed by atoms with E-state index >= 15 is 0 Å². The highest BCUT2D eigenvalue weighted by Gasteiger charge is 2.26. The van der Waals surface area contributed by atoms with Crippen LogP contribution in [0.5, 0.6) is 0 Å². The van der Waals surface area contributed by atoms with Crippen LogP contribution in [0.1, 0.15) is 18.4 Å². The third-order valence-corrected chi connectivity index (χ3v) is 2.56. The molecule has 2 unspecified atom stereocenters. The van der Waals surface area contributed by atoms with E-state index in [-0.39, 0.29) is 6.54 Å². The molecule has 0 spiro atoms. The number of urea groups is 1. The molecule has 0 aliphatic rings. The van der Waals surface area contributed by atoms with Gasteiger partial charge in [-0.1, -0.05) is 0 Å². The van der Waals surface area contributed by atoms with E-state index in [2.05, 4.69) is 5.32 Å². The summed E-state index contributed by atoms with van der Waals surface area (Å²) in [5.41, 5.74) is 0. The van der Waals surface area contributed by atoms with Crippen LogP contribution < -0.4 is 5.32 Å². The highest BCUT2D eigenvalue weighted by atomic mass is 16.4. The van der Waals surface area contributed by atoms with Crippen molar-refractivity contribution in [2.45, 2.75) is 32.5 Å². The largest absolute Gasteiger partial charge is 0.480 e. The van der Waals surface area contributed by atoms with Crippen LogP contribution in [-0.2, 0) is 11.3 Å². The first-order valence-corrected chi connectivity index (χ1v) is 5.79. The molecule has 0 fully saturated rings. The molecule has 7 heteroatoms. The molecule has 0 aromatic carbocycles. The quantitative estimate of drug-likeness (QED) is 0.725. The lowest BCUT2D eigenvalue weighted by Gasteiger charge is -2.22. The van der Waals surface area contributed by atoms with Gasteiger partial charge in [0.2, 0.25) is 0 Å². The number of carboxylic acids is 1. The third kappa shape index (κ3) is 4.29. The Kier molecular flexibility index (Phi) is 4.94. The molecule has 1 rings (SSSR count). The second-order valence-corrected chi connectivity index (χ2v) is 4.37. The first-order chi connectivity index (χ1) is 8.81. The Labute approximate surface area is 110 Å². The molecule has 2 amide bonds. The van der Waals surface area contributed by atoms with E-state index in [4.69, 9.17) is 9.52 Å². The zero-order chi connectivity index (χ0) is 14.6. The molecule has 0 saturated carbocycles. The lowest BCUT2D eigenvalue weighted by Crippen LogP contribution is -2.51. The molecule has 0 bridgehead atoms. The Hall–Kier alpha value is -2.02. The monoisotopic (exact) mass is 270 g/mol. The first-order valence-electron chi connectivity index (χ1n) is 5.79. The Morgan fingerprint density at radius 2 is 2.11 bits per heavy atom. The maximum absolute atomic E-state index is 11.8. The highest BCUT2D eigenvalue weighted by molar-refractivity contribution is 5.82. The number of carbonyl (C=O) groups excluding carboxylic acids is 1. The second kappa shape index (κ2) is 6.24. The second-order valence-electron chi connectivity index (χ2n) is 4.37.